The quantitative estimate of drug-likeness (QED) is 0.384. The van der Waals surface area contributed by atoms with Crippen molar-refractivity contribution in [2.24, 2.45) is 10.9 Å². The summed E-state index contributed by atoms with van der Waals surface area (Å²) in [6, 6.07) is 8.67. The summed E-state index contributed by atoms with van der Waals surface area (Å²) in [4.78, 5) is 4.62. The van der Waals surface area contributed by atoms with Gasteiger partial charge >= 0.3 is 0 Å². The van der Waals surface area contributed by atoms with Gasteiger partial charge in [-0.15, -0.1) is 24.0 Å². The number of hydrogen-bond acceptors (Lipinski definition) is 3. The number of aliphatic imine (C=N–C) groups is 1. The topological polar surface area (TPSA) is 73.8 Å². The van der Waals surface area contributed by atoms with Crippen LogP contribution in [0, 0.1) is 5.92 Å². The van der Waals surface area contributed by atoms with Crippen molar-refractivity contribution in [3.63, 3.8) is 0 Å². The number of sulfonamides is 1. The average Bonchev–Trinajstić information content (AvgIpc) is 2.58. The van der Waals surface area contributed by atoms with E-state index in [1.165, 1.54) is 0 Å². The van der Waals surface area contributed by atoms with Crippen molar-refractivity contribution in [1.29, 1.82) is 0 Å². The van der Waals surface area contributed by atoms with Gasteiger partial charge in [0, 0.05) is 32.2 Å². The van der Waals surface area contributed by atoms with E-state index in [-0.39, 0.29) is 29.5 Å². The second kappa shape index (κ2) is 9.89. The van der Waals surface area contributed by atoms with E-state index in [1.807, 2.05) is 6.07 Å². The first kappa shape index (κ1) is 23.2. The largest absolute Gasteiger partial charge is 0.356 e. The fourth-order valence-electron chi connectivity index (χ4n) is 2.87. The lowest BCUT2D eigenvalue weighted by molar-refractivity contribution is 0.273. The minimum atomic E-state index is -3.37. The molecule has 1 aromatic rings. The van der Waals surface area contributed by atoms with Crippen LogP contribution in [0.2, 0.25) is 0 Å². The summed E-state index contributed by atoms with van der Waals surface area (Å²) in [5.41, 5.74) is -0.0467. The summed E-state index contributed by atoms with van der Waals surface area (Å²) >= 11 is 0. The minimum absolute atomic E-state index is 0. The fourth-order valence-corrected chi connectivity index (χ4v) is 4.36. The van der Waals surface area contributed by atoms with Crippen LogP contribution in [0.15, 0.2) is 40.2 Å². The lowest BCUT2D eigenvalue weighted by Crippen LogP contribution is -2.49. The van der Waals surface area contributed by atoms with Gasteiger partial charge in [0.05, 0.1) is 4.90 Å². The molecule has 0 atom stereocenters. The predicted molar refractivity (Wildman–Crippen MR) is 118 cm³/mol. The molecule has 8 heteroatoms. The van der Waals surface area contributed by atoms with Crippen LogP contribution in [0.3, 0.4) is 0 Å². The van der Waals surface area contributed by atoms with Crippen LogP contribution < -0.4 is 10.6 Å². The molecule has 0 amide bonds. The number of benzene rings is 1. The Bertz CT molecular complexity index is 679. The maximum Gasteiger partial charge on any atom is 0.243 e. The third-order valence-electron chi connectivity index (χ3n) is 4.23. The molecule has 0 radical (unpaired) electrons. The molecule has 148 valence electrons. The smallest absolute Gasteiger partial charge is 0.243 e. The van der Waals surface area contributed by atoms with E-state index in [4.69, 9.17) is 0 Å². The van der Waals surface area contributed by atoms with E-state index in [9.17, 15) is 8.42 Å². The van der Waals surface area contributed by atoms with Gasteiger partial charge in [0.15, 0.2) is 5.96 Å². The summed E-state index contributed by atoms with van der Waals surface area (Å²) < 4.78 is 26.9. The standard InChI is InChI=1S/C18H30N4O2S.HI/c1-18(2,3)21-17(19-4)20-14-15-10-12-22(13-11-15)25(23,24)16-8-6-5-7-9-16;/h5-9,15H,10-14H2,1-4H3,(H2,19,20,21);1H. The van der Waals surface area contributed by atoms with Crippen molar-refractivity contribution in [1.82, 2.24) is 14.9 Å². The zero-order chi connectivity index (χ0) is 18.5. The Balaban J connectivity index is 0.00000338. The normalized spacial score (nSPS) is 17.5. The number of guanidine groups is 1. The highest BCUT2D eigenvalue weighted by molar-refractivity contribution is 14.0. The lowest BCUT2D eigenvalue weighted by atomic mass is 9.98. The highest BCUT2D eigenvalue weighted by Crippen LogP contribution is 2.23. The van der Waals surface area contributed by atoms with Crippen LogP contribution in [-0.4, -0.2) is 50.9 Å². The van der Waals surface area contributed by atoms with Gasteiger partial charge in [-0.2, -0.15) is 4.31 Å². The molecule has 1 aliphatic rings. The van der Waals surface area contributed by atoms with Crippen molar-refractivity contribution < 1.29 is 8.42 Å². The molecule has 1 fully saturated rings. The van der Waals surface area contributed by atoms with Gasteiger partial charge in [0.25, 0.3) is 0 Å². The number of rotatable bonds is 4. The molecule has 0 saturated carbocycles. The number of halogens is 1. The van der Waals surface area contributed by atoms with Gasteiger partial charge in [-0.05, 0) is 51.7 Å². The highest BCUT2D eigenvalue weighted by atomic mass is 127. The van der Waals surface area contributed by atoms with Crippen molar-refractivity contribution in [2.45, 2.75) is 44.0 Å². The number of hydrogen-bond donors (Lipinski definition) is 2. The molecule has 1 saturated heterocycles. The van der Waals surface area contributed by atoms with Crippen LogP contribution >= 0.6 is 24.0 Å². The monoisotopic (exact) mass is 494 g/mol. The Hall–Kier alpha value is -0.870. The second-order valence-electron chi connectivity index (χ2n) is 7.49. The lowest BCUT2D eigenvalue weighted by Gasteiger charge is -2.32. The van der Waals surface area contributed by atoms with Gasteiger partial charge < -0.3 is 10.6 Å². The van der Waals surface area contributed by atoms with Gasteiger partial charge in [0.2, 0.25) is 10.0 Å². The third kappa shape index (κ3) is 6.70. The van der Waals surface area contributed by atoms with Gasteiger partial charge in [-0.25, -0.2) is 8.42 Å². The van der Waals surface area contributed by atoms with Crippen LogP contribution in [0.25, 0.3) is 0 Å². The van der Waals surface area contributed by atoms with Crippen LogP contribution in [-0.2, 0) is 10.0 Å². The average molecular weight is 494 g/mol. The van der Waals surface area contributed by atoms with Crippen molar-refractivity contribution in [3.05, 3.63) is 30.3 Å². The first-order valence-electron chi connectivity index (χ1n) is 8.76. The predicted octanol–water partition coefficient (Wildman–Crippen LogP) is 2.67. The summed E-state index contributed by atoms with van der Waals surface area (Å²) in [6.45, 7) is 8.20. The van der Waals surface area contributed by atoms with Crippen molar-refractivity contribution >= 4 is 40.0 Å². The molecule has 0 aliphatic carbocycles. The first-order valence-corrected chi connectivity index (χ1v) is 10.2. The molecule has 6 nitrogen and oxygen atoms in total. The minimum Gasteiger partial charge on any atom is -0.356 e. The molecule has 1 aliphatic heterocycles. The maximum atomic E-state index is 12.6. The molecular weight excluding hydrogens is 463 g/mol. The Morgan fingerprint density at radius 1 is 1.19 bits per heavy atom. The molecule has 2 rings (SSSR count). The third-order valence-corrected chi connectivity index (χ3v) is 6.14. The Morgan fingerprint density at radius 3 is 2.27 bits per heavy atom. The number of piperidine rings is 1. The van der Waals surface area contributed by atoms with E-state index in [1.54, 1.807) is 35.6 Å². The number of nitrogens with zero attached hydrogens (tertiary/aromatic N) is 2. The van der Waals surface area contributed by atoms with Gasteiger partial charge in [-0.3, -0.25) is 4.99 Å². The molecule has 0 unspecified atom stereocenters. The fraction of sp³-hybridized carbons (Fsp3) is 0.611. The molecule has 2 N–H and O–H groups in total. The van der Waals surface area contributed by atoms with E-state index >= 15 is 0 Å². The second-order valence-corrected chi connectivity index (χ2v) is 9.43. The molecule has 0 aromatic heterocycles. The van der Waals surface area contributed by atoms with Gasteiger partial charge in [-0.1, -0.05) is 18.2 Å². The van der Waals surface area contributed by atoms with Crippen molar-refractivity contribution in [3.8, 4) is 0 Å². The molecule has 0 bridgehead atoms. The van der Waals surface area contributed by atoms with E-state index in [2.05, 4.69) is 36.4 Å². The SMILES string of the molecule is CN=C(NCC1CCN(S(=O)(=O)c2ccccc2)CC1)NC(C)(C)C.I. The Kier molecular flexibility index (Phi) is 8.81. The number of nitrogens with one attached hydrogen (secondary N) is 2. The zero-order valence-corrected chi connectivity index (χ0v) is 19.2. The van der Waals surface area contributed by atoms with Crippen LogP contribution in [0.5, 0.6) is 0 Å². The summed E-state index contributed by atoms with van der Waals surface area (Å²) in [5, 5.41) is 6.68. The zero-order valence-electron chi connectivity index (χ0n) is 16.0. The first-order chi connectivity index (χ1) is 11.7. The maximum absolute atomic E-state index is 12.6. The summed E-state index contributed by atoms with van der Waals surface area (Å²) in [5.74, 6) is 1.23. The molecule has 1 aromatic carbocycles. The van der Waals surface area contributed by atoms with E-state index < -0.39 is 10.0 Å². The van der Waals surface area contributed by atoms with E-state index in [0.717, 1.165) is 25.3 Å². The molecule has 26 heavy (non-hydrogen) atoms. The Morgan fingerprint density at radius 2 is 1.77 bits per heavy atom. The summed E-state index contributed by atoms with van der Waals surface area (Å²) in [6.07, 6.45) is 1.71. The summed E-state index contributed by atoms with van der Waals surface area (Å²) in [7, 11) is -1.61. The van der Waals surface area contributed by atoms with Crippen LogP contribution in [0.1, 0.15) is 33.6 Å². The molecular formula is C18H31IN4O2S. The molecule has 1 heterocycles. The molecule has 0 spiro atoms. The van der Waals surface area contributed by atoms with Crippen LogP contribution in [0.4, 0.5) is 0 Å². The van der Waals surface area contributed by atoms with Crippen molar-refractivity contribution in [2.75, 3.05) is 26.7 Å². The Labute approximate surface area is 174 Å². The van der Waals surface area contributed by atoms with E-state index in [0.29, 0.717) is 23.9 Å². The highest BCUT2D eigenvalue weighted by Gasteiger charge is 2.29. The van der Waals surface area contributed by atoms with Gasteiger partial charge in [0.1, 0.15) is 0 Å².